The van der Waals surface area contributed by atoms with Crippen molar-refractivity contribution in [3.63, 3.8) is 0 Å². The molecule has 0 amide bonds. The van der Waals surface area contributed by atoms with Crippen LogP contribution < -0.4 is 10.5 Å². The van der Waals surface area contributed by atoms with Crippen LogP contribution in [0.25, 0.3) is 11.1 Å². The molecule has 0 saturated carbocycles. The van der Waals surface area contributed by atoms with Gasteiger partial charge in [-0.3, -0.25) is 0 Å². The number of hydrogen-bond acceptors (Lipinski definition) is 3. The van der Waals surface area contributed by atoms with E-state index in [9.17, 15) is 0 Å². The molecule has 0 radical (unpaired) electrons. The van der Waals surface area contributed by atoms with Gasteiger partial charge in [0, 0.05) is 17.0 Å². The fourth-order valence-electron chi connectivity index (χ4n) is 1.79. The first-order valence-corrected chi connectivity index (χ1v) is 6.05. The normalized spacial score (nSPS) is 10.4. The zero-order valence-electron chi connectivity index (χ0n) is 9.49. The van der Waals surface area contributed by atoms with Crippen molar-refractivity contribution in [3.05, 3.63) is 40.1 Å². The van der Waals surface area contributed by atoms with Crippen molar-refractivity contribution < 1.29 is 4.74 Å². The molecule has 2 rings (SSSR count). The molecule has 0 bridgehead atoms. The van der Waals surface area contributed by atoms with Crippen LogP contribution in [0.2, 0.25) is 0 Å². The number of thiophene rings is 1. The van der Waals surface area contributed by atoms with Crippen molar-refractivity contribution in [1.82, 2.24) is 0 Å². The highest BCUT2D eigenvalue weighted by molar-refractivity contribution is 7.10. The van der Waals surface area contributed by atoms with E-state index in [4.69, 9.17) is 10.5 Å². The van der Waals surface area contributed by atoms with Gasteiger partial charge in [0.25, 0.3) is 0 Å². The molecule has 0 aliphatic heterocycles. The molecular weight excluding hydrogens is 218 g/mol. The maximum atomic E-state index is 5.71. The topological polar surface area (TPSA) is 35.2 Å². The molecule has 0 aliphatic carbocycles. The van der Waals surface area contributed by atoms with Crippen LogP contribution in [0, 0.1) is 6.92 Å². The Kier molecular flexibility index (Phi) is 3.27. The summed E-state index contributed by atoms with van der Waals surface area (Å²) in [6.07, 6.45) is 0. The standard InChI is InChI=1S/C13H15NOS/c1-9-12(5-6-16-9)10-3-4-13(15-2)11(7-10)8-14/h3-7H,8,14H2,1-2H3. The molecule has 0 unspecified atom stereocenters. The lowest BCUT2D eigenvalue weighted by atomic mass is 10.0. The fraction of sp³-hybridized carbons (Fsp3) is 0.231. The lowest BCUT2D eigenvalue weighted by Crippen LogP contribution is -2.00. The smallest absolute Gasteiger partial charge is 0.123 e. The zero-order valence-corrected chi connectivity index (χ0v) is 10.3. The molecule has 16 heavy (non-hydrogen) atoms. The average Bonchev–Trinajstić information content (AvgIpc) is 2.74. The summed E-state index contributed by atoms with van der Waals surface area (Å²) in [6.45, 7) is 2.63. The lowest BCUT2D eigenvalue weighted by molar-refractivity contribution is 0.410. The van der Waals surface area contributed by atoms with E-state index in [0.29, 0.717) is 6.54 Å². The molecule has 2 aromatic rings. The van der Waals surface area contributed by atoms with Gasteiger partial charge in [0.15, 0.2) is 0 Å². The lowest BCUT2D eigenvalue weighted by Gasteiger charge is -2.09. The van der Waals surface area contributed by atoms with E-state index >= 15 is 0 Å². The first-order valence-electron chi connectivity index (χ1n) is 5.17. The predicted molar refractivity (Wildman–Crippen MR) is 68.9 cm³/mol. The van der Waals surface area contributed by atoms with Gasteiger partial charge in [0.1, 0.15) is 5.75 Å². The van der Waals surface area contributed by atoms with Crippen LogP contribution in [-0.2, 0) is 6.54 Å². The van der Waals surface area contributed by atoms with Gasteiger partial charge in [-0.25, -0.2) is 0 Å². The van der Waals surface area contributed by atoms with Gasteiger partial charge < -0.3 is 10.5 Å². The second-order valence-electron chi connectivity index (χ2n) is 3.62. The molecule has 0 atom stereocenters. The quantitative estimate of drug-likeness (QED) is 0.883. The van der Waals surface area contributed by atoms with Gasteiger partial charge in [0.05, 0.1) is 7.11 Å². The van der Waals surface area contributed by atoms with E-state index in [0.717, 1.165) is 11.3 Å². The Balaban J connectivity index is 2.48. The fourth-order valence-corrected chi connectivity index (χ4v) is 2.51. The number of rotatable bonds is 3. The SMILES string of the molecule is COc1ccc(-c2ccsc2C)cc1CN. The van der Waals surface area contributed by atoms with E-state index in [1.165, 1.54) is 16.0 Å². The van der Waals surface area contributed by atoms with Crippen molar-refractivity contribution in [2.45, 2.75) is 13.5 Å². The third-order valence-electron chi connectivity index (χ3n) is 2.67. The van der Waals surface area contributed by atoms with E-state index in [-0.39, 0.29) is 0 Å². The number of hydrogen-bond donors (Lipinski definition) is 1. The van der Waals surface area contributed by atoms with E-state index in [1.54, 1.807) is 18.4 Å². The molecule has 1 aromatic heterocycles. The molecule has 3 heteroatoms. The van der Waals surface area contributed by atoms with Crippen LogP contribution in [0.3, 0.4) is 0 Å². The second-order valence-corrected chi connectivity index (χ2v) is 4.74. The highest BCUT2D eigenvalue weighted by Crippen LogP contribution is 2.30. The summed E-state index contributed by atoms with van der Waals surface area (Å²) in [5, 5.41) is 2.11. The maximum Gasteiger partial charge on any atom is 0.123 e. The minimum absolute atomic E-state index is 0.500. The first kappa shape index (κ1) is 11.2. The number of methoxy groups -OCH3 is 1. The summed E-state index contributed by atoms with van der Waals surface area (Å²) in [5.74, 6) is 0.860. The third-order valence-corrected chi connectivity index (χ3v) is 3.52. The minimum atomic E-state index is 0.500. The van der Waals surface area contributed by atoms with Crippen molar-refractivity contribution in [2.75, 3.05) is 7.11 Å². The summed E-state index contributed by atoms with van der Waals surface area (Å²) in [4.78, 5) is 1.33. The van der Waals surface area contributed by atoms with Gasteiger partial charge in [-0.05, 0) is 41.6 Å². The van der Waals surface area contributed by atoms with Crippen LogP contribution in [0.5, 0.6) is 5.75 Å². The molecule has 0 aliphatic rings. The van der Waals surface area contributed by atoms with Gasteiger partial charge in [-0.15, -0.1) is 11.3 Å². The molecule has 1 aromatic carbocycles. The van der Waals surface area contributed by atoms with Crippen LogP contribution in [0.15, 0.2) is 29.6 Å². The predicted octanol–water partition coefficient (Wildman–Crippen LogP) is 3.19. The Hall–Kier alpha value is -1.32. The maximum absolute atomic E-state index is 5.71. The second kappa shape index (κ2) is 4.68. The minimum Gasteiger partial charge on any atom is -0.496 e. The molecule has 0 saturated heterocycles. The largest absolute Gasteiger partial charge is 0.496 e. The van der Waals surface area contributed by atoms with Gasteiger partial charge >= 0.3 is 0 Å². The van der Waals surface area contributed by atoms with Gasteiger partial charge in [0.2, 0.25) is 0 Å². The van der Waals surface area contributed by atoms with Crippen molar-refractivity contribution in [1.29, 1.82) is 0 Å². The molecule has 0 spiro atoms. The first-order chi connectivity index (χ1) is 7.76. The molecular formula is C13H15NOS. The van der Waals surface area contributed by atoms with Crippen LogP contribution >= 0.6 is 11.3 Å². The van der Waals surface area contributed by atoms with Crippen LogP contribution in [-0.4, -0.2) is 7.11 Å². The number of ether oxygens (including phenoxy) is 1. The number of nitrogens with two attached hydrogens (primary N) is 1. The Labute approximate surface area is 99.7 Å². The summed E-state index contributed by atoms with van der Waals surface area (Å²) < 4.78 is 5.26. The highest BCUT2D eigenvalue weighted by Gasteiger charge is 2.07. The van der Waals surface area contributed by atoms with Crippen LogP contribution in [0.1, 0.15) is 10.4 Å². The monoisotopic (exact) mass is 233 g/mol. The van der Waals surface area contributed by atoms with E-state index in [1.807, 2.05) is 6.07 Å². The van der Waals surface area contributed by atoms with Gasteiger partial charge in [-0.1, -0.05) is 6.07 Å². The Morgan fingerprint density at radius 1 is 1.31 bits per heavy atom. The average molecular weight is 233 g/mol. The Morgan fingerprint density at radius 3 is 2.69 bits per heavy atom. The molecule has 0 fully saturated rings. The van der Waals surface area contributed by atoms with Crippen molar-refractivity contribution in [2.24, 2.45) is 5.73 Å². The molecule has 2 nitrogen and oxygen atoms in total. The highest BCUT2D eigenvalue weighted by atomic mass is 32.1. The van der Waals surface area contributed by atoms with Crippen LogP contribution in [0.4, 0.5) is 0 Å². The molecule has 2 N–H and O–H groups in total. The van der Waals surface area contributed by atoms with E-state index in [2.05, 4.69) is 30.5 Å². The summed E-state index contributed by atoms with van der Waals surface area (Å²) >= 11 is 1.76. The molecule has 1 heterocycles. The van der Waals surface area contributed by atoms with Gasteiger partial charge in [-0.2, -0.15) is 0 Å². The van der Waals surface area contributed by atoms with Crippen molar-refractivity contribution >= 4 is 11.3 Å². The summed E-state index contributed by atoms with van der Waals surface area (Å²) in [5.41, 5.74) is 9.24. The number of benzene rings is 1. The van der Waals surface area contributed by atoms with Crippen molar-refractivity contribution in [3.8, 4) is 16.9 Å². The Bertz CT molecular complexity index is 490. The summed E-state index contributed by atoms with van der Waals surface area (Å²) in [6, 6.07) is 8.30. The Morgan fingerprint density at radius 2 is 2.12 bits per heavy atom. The molecule has 84 valence electrons. The summed E-state index contributed by atoms with van der Waals surface area (Å²) in [7, 11) is 1.67. The zero-order chi connectivity index (χ0) is 11.5. The van der Waals surface area contributed by atoms with E-state index < -0.39 is 0 Å². The number of aryl methyl sites for hydroxylation is 1. The third kappa shape index (κ3) is 1.96.